The summed E-state index contributed by atoms with van der Waals surface area (Å²) >= 11 is 0. The zero-order chi connectivity index (χ0) is 16.2. The third-order valence-electron chi connectivity index (χ3n) is 4.22. The van der Waals surface area contributed by atoms with Crippen molar-refractivity contribution in [1.29, 1.82) is 0 Å². The van der Waals surface area contributed by atoms with Gasteiger partial charge in [0.25, 0.3) is 0 Å². The van der Waals surface area contributed by atoms with Crippen LogP contribution < -0.4 is 10.5 Å². The summed E-state index contributed by atoms with van der Waals surface area (Å²) in [7, 11) is 1.86. The van der Waals surface area contributed by atoms with Gasteiger partial charge in [-0.2, -0.15) is 5.10 Å². The van der Waals surface area contributed by atoms with Crippen LogP contribution in [0, 0.1) is 0 Å². The third-order valence-corrected chi connectivity index (χ3v) is 4.22. The van der Waals surface area contributed by atoms with Gasteiger partial charge in [0, 0.05) is 30.9 Å². The number of likely N-dealkylation sites (tertiary alicyclic amines) is 1. The Hall–Kier alpha value is -2.34. The van der Waals surface area contributed by atoms with Crippen LogP contribution in [-0.2, 0) is 7.05 Å². The van der Waals surface area contributed by atoms with Crippen LogP contribution in [0.4, 0.5) is 0 Å². The van der Waals surface area contributed by atoms with E-state index in [4.69, 9.17) is 10.5 Å². The van der Waals surface area contributed by atoms with E-state index < -0.39 is 5.91 Å². The Morgan fingerprint density at radius 1 is 1.30 bits per heavy atom. The summed E-state index contributed by atoms with van der Waals surface area (Å²) in [5.41, 5.74) is 7.59. The number of benzene rings is 1. The molecule has 0 spiro atoms. The highest BCUT2D eigenvalue weighted by Crippen LogP contribution is 2.30. The summed E-state index contributed by atoms with van der Waals surface area (Å²) < 4.78 is 7.74. The van der Waals surface area contributed by atoms with Crippen LogP contribution in [0.3, 0.4) is 0 Å². The van der Waals surface area contributed by atoms with Crippen molar-refractivity contribution in [1.82, 2.24) is 14.7 Å². The molecule has 1 amide bonds. The van der Waals surface area contributed by atoms with Crippen LogP contribution in [0.5, 0.6) is 5.75 Å². The van der Waals surface area contributed by atoms with Gasteiger partial charge in [0.2, 0.25) is 5.91 Å². The second kappa shape index (κ2) is 6.83. The fourth-order valence-electron chi connectivity index (χ4n) is 2.94. The van der Waals surface area contributed by atoms with Gasteiger partial charge in [-0.25, -0.2) is 0 Å². The Morgan fingerprint density at radius 3 is 2.74 bits per heavy atom. The lowest BCUT2D eigenvalue weighted by Gasteiger charge is -2.17. The highest BCUT2D eigenvalue weighted by atomic mass is 16.5. The third kappa shape index (κ3) is 3.53. The van der Waals surface area contributed by atoms with E-state index in [0.29, 0.717) is 12.2 Å². The molecule has 6 heteroatoms. The molecular formula is C17H22N4O2. The molecule has 1 aliphatic rings. The van der Waals surface area contributed by atoms with Gasteiger partial charge in [0.1, 0.15) is 12.4 Å². The van der Waals surface area contributed by atoms with E-state index in [1.807, 2.05) is 19.2 Å². The summed E-state index contributed by atoms with van der Waals surface area (Å²) in [5.74, 6) is 0.301. The maximum atomic E-state index is 11.5. The molecule has 0 aliphatic carbocycles. The van der Waals surface area contributed by atoms with Gasteiger partial charge < -0.3 is 10.5 Å². The minimum atomic E-state index is -0.447. The molecule has 3 rings (SSSR count). The maximum absolute atomic E-state index is 11.5. The Balaban J connectivity index is 1.80. The van der Waals surface area contributed by atoms with Gasteiger partial charge in [-0.1, -0.05) is 0 Å². The number of carbonyl (C=O) groups is 1. The molecule has 1 fully saturated rings. The highest BCUT2D eigenvalue weighted by Gasteiger charge is 2.15. The lowest BCUT2D eigenvalue weighted by atomic mass is 10.1. The van der Waals surface area contributed by atoms with Crippen LogP contribution in [0.1, 0.15) is 23.2 Å². The maximum Gasteiger partial charge on any atom is 0.248 e. The molecule has 1 aromatic carbocycles. The van der Waals surface area contributed by atoms with E-state index in [1.54, 1.807) is 23.0 Å². The first-order valence-electron chi connectivity index (χ1n) is 7.92. The highest BCUT2D eigenvalue weighted by molar-refractivity contribution is 5.94. The van der Waals surface area contributed by atoms with Crippen LogP contribution in [0.15, 0.2) is 30.5 Å². The average molecular weight is 314 g/mol. The molecule has 2 N–H and O–H groups in total. The second-order valence-electron chi connectivity index (χ2n) is 5.81. The first kappa shape index (κ1) is 15.6. The lowest BCUT2D eigenvalue weighted by Crippen LogP contribution is -2.25. The molecule has 1 aromatic heterocycles. The largest absolute Gasteiger partial charge is 0.492 e. The first-order chi connectivity index (χ1) is 11.1. The van der Waals surface area contributed by atoms with E-state index in [1.165, 1.54) is 12.8 Å². The Bertz CT molecular complexity index is 690. The number of amides is 1. The van der Waals surface area contributed by atoms with Gasteiger partial charge in [0.05, 0.1) is 5.69 Å². The Kier molecular flexibility index (Phi) is 4.62. The fraction of sp³-hybridized carbons (Fsp3) is 0.412. The summed E-state index contributed by atoms with van der Waals surface area (Å²) in [6, 6.07) is 7.18. The number of carbonyl (C=O) groups excluding carboxylic acids is 1. The molecule has 0 unspecified atom stereocenters. The minimum absolute atomic E-state index is 0.447. The molecule has 122 valence electrons. The number of hydrogen-bond donors (Lipinski definition) is 1. The molecule has 1 aliphatic heterocycles. The van der Waals surface area contributed by atoms with E-state index in [-0.39, 0.29) is 0 Å². The number of nitrogens with zero attached hydrogens (tertiary/aromatic N) is 3. The number of primary amides is 1. The number of rotatable bonds is 6. The minimum Gasteiger partial charge on any atom is -0.492 e. The molecule has 2 aromatic rings. The van der Waals surface area contributed by atoms with Crippen LogP contribution in [-0.4, -0.2) is 46.8 Å². The molecule has 0 bridgehead atoms. The van der Waals surface area contributed by atoms with Crippen molar-refractivity contribution in [2.45, 2.75) is 12.8 Å². The molecule has 1 saturated heterocycles. The van der Waals surface area contributed by atoms with Crippen LogP contribution in [0.25, 0.3) is 11.3 Å². The normalized spacial score (nSPS) is 15.0. The van der Waals surface area contributed by atoms with Gasteiger partial charge >= 0.3 is 0 Å². The lowest BCUT2D eigenvalue weighted by molar-refractivity contribution is 0.100. The summed E-state index contributed by atoms with van der Waals surface area (Å²) in [6.45, 7) is 3.85. The molecule has 0 radical (unpaired) electrons. The van der Waals surface area contributed by atoms with Gasteiger partial charge in [-0.3, -0.25) is 14.4 Å². The predicted molar refractivity (Wildman–Crippen MR) is 88.3 cm³/mol. The van der Waals surface area contributed by atoms with E-state index in [9.17, 15) is 4.79 Å². The predicted octanol–water partition coefficient (Wildman–Crippen LogP) is 1.66. The molecular weight excluding hydrogens is 292 g/mol. The number of aryl methyl sites for hydroxylation is 1. The SMILES string of the molecule is Cn1nccc1-c1cc(C(N)=O)ccc1OCCN1CCCC1. The van der Waals surface area contributed by atoms with E-state index in [2.05, 4.69) is 10.00 Å². The van der Waals surface area contributed by atoms with Gasteiger partial charge in [0.15, 0.2) is 0 Å². The van der Waals surface area contributed by atoms with Crippen molar-refractivity contribution in [3.63, 3.8) is 0 Å². The molecule has 0 atom stereocenters. The van der Waals surface area contributed by atoms with E-state index >= 15 is 0 Å². The zero-order valence-corrected chi connectivity index (χ0v) is 13.4. The number of ether oxygens (including phenoxy) is 1. The van der Waals surface area contributed by atoms with Crippen molar-refractivity contribution in [3.05, 3.63) is 36.0 Å². The Morgan fingerprint density at radius 2 is 2.09 bits per heavy atom. The van der Waals surface area contributed by atoms with Crippen molar-refractivity contribution in [2.24, 2.45) is 12.8 Å². The topological polar surface area (TPSA) is 73.4 Å². The van der Waals surface area contributed by atoms with E-state index in [0.717, 1.165) is 36.6 Å². The second-order valence-corrected chi connectivity index (χ2v) is 5.81. The molecule has 6 nitrogen and oxygen atoms in total. The van der Waals surface area contributed by atoms with Crippen LogP contribution >= 0.6 is 0 Å². The Labute approximate surface area is 135 Å². The number of aromatic nitrogens is 2. The van der Waals surface area contributed by atoms with Gasteiger partial charge in [-0.15, -0.1) is 0 Å². The smallest absolute Gasteiger partial charge is 0.248 e. The average Bonchev–Trinajstić information content (AvgIpc) is 3.19. The zero-order valence-electron chi connectivity index (χ0n) is 13.4. The molecule has 23 heavy (non-hydrogen) atoms. The van der Waals surface area contributed by atoms with Crippen LogP contribution in [0.2, 0.25) is 0 Å². The quantitative estimate of drug-likeness (QED) is 0.880. The summed E-state index contributed by atoms with van der Waals surface area (Å²) in [4.78, 5) is 13.9. The van der Waals surface area contributed by atoms with Gasteiger partial charge in [-0.05, 0) is 50.2 Å². The summed E-state index contributed by atoms with van der Waals surface area (Å²) in [5, 5.41) is 4.19. The summed E-state index contributed by atoms with van der Waals surface area (Å²) in [6.07, 6.45) is 4.27. The monoisotopic (exact) mass is 314 g/mol. The fourth-order valence-corrected chi connectivity index (χ4v) is 2.94. The van der Waals surface area contributed by atoms with Crippen molar-refractivity contribution < 1.29 is 9.53 Å². The molecule has 2 heterocycles. The molecule has 0 saturated carbocycles. The van der Waals surface area contributed by atoms with Crippen molar-refractivity contribution in [3.8, 4) is 17.0 Å². The van der Waals surface area contributed by atoms with Crippen molar-refractivity contribution in [2.75, 3.05) is 26.2 Å². The van der Waals surface area contributed by atoms with Crippen molar-refractivity contribution >= 4 is 5.91 Å². The standard InChI is InChI=1S/C17H22N4O2/c1-20-15(6-7-19-20)14-12-13(17(18)22)4-5-16(14)23-11-10-21-8-2-3-9-21/h4-7,12H,2-3,8-11H2,1H3,(H2,18,22). The number of hydrogen-bond acceptors (Lipinski definition) is 4. The first-order valence-corrected chi connectivity index (χ1v) is 7.92. The number of nitrogens with two attached hydrogens (primary N) is 1.